The highest BCUT2D eigenvalue weighted by Gasteiger charge is 2.47. The lowest BCUT2D eigenvalue weighted by atomic mass is 9.65. The maximum atomic E-state index is 2.42. The first-order chi connectivity index (χ1) is 14.8. The van der Waals surface area contributed by atoms with Gasteiger partial charge in [-0.25, -0.2) is 0 Å². The van der Waals surface area contributed by atoms with Gasteiger partial charge in [-0.3, -0.25) is 0 Å². The molecule has 0 nitrogen and oxygen atoms in total. The van der Waals surface area contributed by atoms with Crippen molar-refractivity contribution < 1.29 is 0 Å². The molecular weight excluding hydrogens is 372 g/mol. The fourth-order valence-corrected chi connectivity index (χ4v) is 5.75. The van der Waals surface area contributed by atoms with Gasteiger partial charge in [0.25, 0.3) is 0 Å². The summed E-state index contributed by atoms with van der Waals surface area (Å²) in [5.41, 5.74) is 15.9. The number of rotatable bonds is 2. The number of fused-ring (bicyclic) bond motifs is 3. The van der Waals surface area contributed by atoms with Crippen LogP contribution in [0.2, 0.25) is 0 Å². The molecule has 1 aliphatic carbocycles. The Balaban J connectivity index is 2.03. The number of hydrogen-bond donors (Lipinski definition) is 0. The second-order valence-corrected chi connectivity index (χ2v) is 9.48. The molecule has 0 atom stereocenters. The van der Waals surface area contributed by atoms with Crippen molar-refractivity contribution in [3.63, 3.8) is 0 Å². The van der Waals surface area contributed by atoms with E-state index in [1.54, 1.807) is 0 Å². The molecule has 0 amide bonds. The zero-order chi connectivity index (χ0) is 21.9. The summed E-state index contributed by atoms with van der Waals surface area (Å²) in [5.74, 6) is 0. The number of aryl methyl sites for hydroxylation is 6. The van der Waals surface area contributed by atoms with Crippen molar-refractivity contribution in [1.82, 2.24) is 0 Å². The predicted octanol–water partition coefficient (Wildman–Crippen LogP) is 7.90. The van der Waals surface area contributed by atoms with Crippen molar-refractivity contribution in [2.75, 3.05) is 0 Å². The highest BCUT2D eigenvalue weighted by molar-refractivity contribution is 5.87. The van der Waals surface area contributed by atoms with E-state index in [4.69, 9.17) is 0 Å². The second-order valence-electron chi connectivity index (χ2n) is 9.48. The van der Waals surface area contributed by atoms with Crippen LogP contribution >= 0.6 is 0 Å². The SMILES string of the molecule is Cc1ccc(C2(c3ccc(C)cc3C)c3cc(C)ccc3-c3ccc(C)cc32)c(C)c1. The van der Waals surface area contributed by atoms with Gasteiger partial charge in [-0.15, -0.1) is 0 Å². The van der Waals surface area contributed by atoms with E-state index in [-0.39, 0.29) is 5.41 Å². The fourth-order valence-electron chi connectivity index (χ4n) is 5.75. The fraction of sp³-hybridized carbons (Fsp3) is 0.226. The molecule has 0 N–H and O–H groups in total. The average Bonchev–Trinajstić information content (AvgIpc) is 2.97. The molecule has 0 heteroatoms. The van der Waals surface area contributed by atoms with Crippen LogP contribution in [0.4, 0.5) is 0 Å². The first-order valence-electron chi connectivity index (χ1n) is 11.2. The Labute approximate surface area is 186 Å². The van der Waals surface area contributed by atoms with Crippen LogP contribution in [0.5, 0.6) is 0 Å². The summed E-state index contributed by atoms with van der Waals surface area (Å²) >= 11 is 0. The topological polar surface area (TPSA) is 0 Å². The van der Waals surface area contributed by atoms with Gasteiger partial charge in [0.1, 0.15) is 0 Å². The largest absolute Gasteiger partial charge is 0.0718 e. The summed E-state index contributed by atoms with van der Waals surface area (Å²) in [5, 5.41) is 0. The van der Waals surface area contributed by atoms with E-state index in [0.29, 0.717) is 0 Å². The summed E-state index contributed by atoms with van der Waals surface area (Å²) in [6, 6.07) is 28.0. The van der Waals surface area contributed by atoms with Gasteiger partial charge in [-0.05, 0) is 86.1 Å². The maximum absolute atomic E-state index is 2.42. The van der Waals surface area contributed by atoms with Crippen molar-refractivity contribution in [1.29, 1.82) is 0 Å². The van der Waals surface area contributed by atoms with Crippen molar-refractivity contribution in [3.8, 4) is 11.1 Å². The molecule has 0 unspecified atom stereocenters. The van der Waals surface area contributed by atoms with E-state index >= 15 is 0 Å². The lowest BCUT2D eigenvalue weighted by molar-refractivity contribution is 0.751. The van der Waals surface area contributed by atoms with Crippen molar-refractivity contribution in [3.05, 3.63) is 128 Å². The van der Waals surface area contributed by atoms with E-state index in [1.807, 2.05) is 0 Å². The van der Waals surface area contributed by atoms with E-state index in [1.165, 1.54) is 66.8 Å². The van der Waals surface area contributed by atoms with Crippen LogP contribution in [0.3, 0.4) is 0 Å². The normalized spacial score (nSPS) is 13.7. The van der Waals surface area contributed by atoms with Crippen molar-refractivity contribution in [2.45, 2.75) is 47.0 Å². The van der Waals surface area contributed by atoms with Gasteiger partial charge in [-0.2, -0.15) is 0 Å². The highest BCUT2D eigenvalue weighted by Crippen LogP contribution is 2.57. The lowest BCUT2D eigenvalue weighted by Gasteiger charge is -2.37. The molecule has 4 aromatic rings. The van der Waals surface area contributed by atoms with E-state index in [9.17, 15) is 0 Å². The molecule has 0 fully saturated rings. The zero-order valence-corrected chi connectivity index (χ0v) is 19.4. The van der Waals surface area contributed by atoms with Crippen LogP contribution < -0.4 is 0 Å². The predicted molar refractivity (Wildman–Crippen MR) is 132 cm³/mol. The molecule has 31 heavy (non-hydrogen) atoms. The minimum Gasteiger partial charge on any atom is -0.0590 e. The minimum atomic E-state index is -0.307. The van der Waals surface area contributed by atoms with Crippen molar-refractivity contribution in [2.24, 2.45) is 0 Å². The van der Waals surface area contributed by atoms with Gasteiger partial charge >= 0.3 is 0 Å². The Morgan fingerprint density at radius 2 is 0.742 bits per heavy atom. The van der Waals surface area contributed by atoms with Crippen LogP contribution in [0, 0.1) is 41.5 Å². The van der Waals surface area contributed by atoms with Gasteiger partial charge in [0.2, 0.25) is 0 Å². The third kappa shape index (κ3) is 2.82. The van der Waals surface area contributed by atoms with E-state index < -0.39 is 0 Å². The highest BCUT2D eigenvalue weighted by atomic mass is 14.5. The molecule has 0 saturated carbocycles. The van der Waals surface area contributed by atoms with Gasteiger partial charge in [-0.1, -0.05) is 95.1 Å². The minimum absolute atomic E-state index is 0.307. The average molecular weight is 403 g/mol. The van der Waals surface area contributed by atoms with Crippen LogP contribution in [-0.2, 0) is 5.41 Å². The molecule has 154 valence electrons. The summed E-state index contributed by atoms with van der Waals surface area (Å²) in [6.07, 6.45) is 0. The first kappa shape index (κ1) is 19.8. The zero-order valence-electron chi connectivity index (χ0n) is 19.4. The Morgan fingerprint density at radius 1 is 0.387 bits per heavy atom. The van der Waals surface area contributed by atoms with Gasteiger partial charge in [0.05, 0.1) is 5.41 Å². The lowest BCUT2D eigenvalue weighted by Crippen LogP contribution is -2.30. The van der Waals surface area contributed by atoms with Crippen molar-refractivity contribution >= 4 is 0 Å². The molecule has 0 aliphatic heterocycles. The molecule has 0 bridgehead atoms. The third-order valence-electron chi connectivity index (χ3n) is 7.02. The molecule has 0 saturated heterocycles. The van der Waals surface area contributed by atoms with Crippen LogP contribution in [0.25, 0.3) is 11.1 Å². The van der Waals surface area contributed by atoms with Gasteiger partial charge in [0, 0.05) is 0 Å². The Hall–Kier alpha value is -3.12. The summed E-state index contributed by atoms with van der Waals surface area (Å²) < 4.78 is 0. The van der Waals surface area contributed by atoms with Crippen LogP contribution in [0.15, 0.2) is 72.8 Å². The second kappa shape index (κ2) is 6.95. The van der Waals surface area contributed by atoms with Crippen LogP contribution in [0.1, 0.15) is 55.6 Å². The Bertz CT molecular complexity index is 1230. The first-order valence-corrected chi connectivity index (χ1v) is 11.2. The molecule has 0 spiro atoms. The molecule has 5 rings (SSSR count). The molecular formula is C31H30. The molecule has 0 aromatic heterocycles. The standard InChI is InChI=1S/C31H30/c1-19-9-13-27(23(5)15-19)31(28-14-10-20(2)16-24(28)6)29-17-21(3)7-11-25(29)26-12-8-22(4)18-30(26)31/h7-18H,1-6H3. The van der Waals surface area contributed by atoms with E-state index in [0.717, 1.165) is 0 Å². The molecule has 0 heterocycles. The quantitative estimate of drug-likeness (QED) is 0.281. The molecule has 4 aromatic carbocycles. The monoisotopic (exact) mass is 402 g/mol. The number of hydrogen-bond acceptors (Lipinski definition) is 0. The Kier molecular flexibility index (Phi) is 4.45. The summed E-state index contributed by atoms with van der Waals surface area (Å²) in [6.45, 7) is 13.3. The smallest absolute Gasteiger partial charge is 0.0590 e. The molecule has 0 radical (unpaired) electrons. The van der Waals surface area contributed by atoms with E-state index in [2.05, 4.69) is 114 Å². The maximum Gasteiger partial charge on any atom is 0.0718 e. The van der Waals surface area contributed by atoms with Crippen LogP contribution in [-0.4, -0.2) is 0 Å². The van der Waals surface area contributed by atoms with Gasteiger partial charge in [0.15, 0.2) is 0 Å². The Morgan fingerprint density at radius 3 is 1.13 bits per heavy atom. The summed E-state index contributed by atoms with van der Waals surface area (Å²) in [7, 11) is 0. The molecule has 1 aliphatic rings. The number of benzene rings is 4. The van der Waals surface area contributed by atoms with Gasteiger partial charge < -0.3 is 0 Å². The third-order valence-corrected chi connectivity index (χ3v) is 7.02. The summed E-state index contributed by atoms with van der Waals surface area (Å²) in [4.78, 5) is 0.